The number of carboxylic acid groups (broad SMARTS) is 1. The summed E-state index contributed by atoms with van der Waals surface area (Å²) in [5.74, 6) is -1.17. The van der Waals surface area contributed by atoms with E-state index >= 15 is 0 Å². The van der Waals surface area contributed by atoms with E-state index in [1.807, 2.05) is 6.92 Å². The van der Waals surface area contributed by atoms with Crippen LogP contribution >= 0.6 is 0 Å². The minimum Gasteiger partial charge on any atom is -0.480 e. The summed E-state index contributed by atoms with van der Waals surface area (Å²) in [7, 11) is 0. The van der Waals surface area contributed by atoms with Gasteiger partial charge >= 0.3 is 5.97 Å². The van der Waals surface area contributed by atoms with Gasteiger partial charge in [-0.05, 0) is 6.42 Å². The van der Waals surface area contributed by atoms with Crippen molar-refractivity contribution in [2.45, 2.75) is 53.0 Å². The number of carbonyl (C=O) groups excluding carboxylic acids is 1. The molecule has 4 heteroatoms. The topological polar surface area (TPSA) is 66.4 Å². The lowest BCUT2D eigenvalue weighted by Crippen LogP contribution is -2.45. The van der Waals surface area contributed by atoms with Crippen molar-refractivity contribution >= 4 is 11.9 Å². The van der Waals surface area contributed by atoms with Gasteiger partial charge < -0.3 is 10.4 Å². The second kappa shape index (κ2) is 5.73. The molecule has 0 saturated heterocycles. The van der Waals surface area contributed by atoms with Gasteiger partial charge in [0, 0.05) is 5.41 Å². The average Bonchev–Trinajstić information content (AvgIpc) is 2.09. The minimum atomic E-state index is -0.957. The normalized spacial score (nSPS) is 13.3. The standard InChI is InChI=1S/C11H21NO3/c1-5-6-7-8(9(13)14)12-10(15)11(2,3)4/h8H,5-7H2,1-4H3,(H,12,15)(H,13,14). The highest BCUT2D eigenvalue weighted by atomic mass is 16.4. The Morgan fingerprint density at radius 1 is 1.33 bits per heavy atom. The van der Waals surface area contributed by atoms with Crippen LogP contribution in [0.15, 0.2) is 0 Å². The average molecular weight is 215 g/mol. The number of amides is 1. The number of carboxylic acids is 1. The van der Waals surface area contributed by atoms with E-state index in [1.54, 1.807) is 20.8 Å². The largest absolute Gasteiger partial charge is 0.480 e. The Kier molecular flexibility index (Phi) is 5.33. The zero-order chi connectivity index (χ0) is 12.1. The highest BCUT2D eigenvalue weighted by Gasteiger charge is 2.26. The molecule has 1 unspecified atom stereocenters. The van der Waals surface area contributed by atoms with Gasteiger partial charge in [0.25, 0.3) is 0 Å². The second-order valence-electron chi connectivity index (χ2n) is 4.76. The van der Waals surface area contributed by atoms with Gasteiger partial charge in [-0.3, -0.25) is 4.79 Å². The summed E-state index contributed by atoms with van der Waals surface area (Å²) in [6.45, 7) is 7.29. The van der Waals surface area contributed by atoms with Gasteiger partial charge in [0.15, 0.2) is 0 Å². The Labute approximate surface area is 91.1 Å². The zero-order valence-corrected chi connectivity index (χ0v) is 9.96. The van der Waals surface area contributed by atoms with Crippen LogP contribution in [0.5, 0.6) is 0 Å². The summed E-state index contributed by atoms with van der Waals surface area (Å²) in [4.78, 5) is 22.4. The first-order valence-corrected chi connectivity index (χ1v) is 5.32. The molecule has 0 aromatic rings. The quantitative estimate of drug-likeness (QED) is 0.734. The van der Waals surface area contributed by atoms with E-state index in [1.165, 1.54) is 0 Å². The van der Waals surface area contributed by atoms with Gasteiger partial charge in [-0.25, -0.2) is 4.79 Å². The third-order valence-corrected chi connectivity index (χ3v) is 2.13. The molecule has 0 fully saturated rings. The van der Waals surface area contributed by atoms with E-state index < -0.39 is 17.4 Å². The predicted molar refractivity (Wildman–Crippen MR) is 58.5 cm³/mol. The molecule has 0 spiro atoms. The molecule has 15 heavy (non-hydrogen) atoms. The Hall–Kier alpha value is -1.06. The van der Waals surface area contributed by atoms with Crippen molar-refractivity contribution in [2.24, 2.45) is 5.41 Å². The summed E-state index contributed by atoms with van der Waals surface area (Å²) in [5.41, 5.74) is -0.542. The number of rotatable bonds is 5. The Morgan fingerprint density at radius 3 is 2.20 bits per heavy atom. The maximum atomic E-state index is 11.6. The zero-order valence-electron chi connectivity index (χ0n) is 9.96. The van der Waals surface area contributed by atoms with Crippen LogP contribution in [0.3, 0.4) is 0 Å². The molecule has 4 nitrogen and oxygen atoms in total. The van der Waals surface area contributed by atoms with Crippen molar-refractivity contribution in [3.05, 3.63) is 0 Å². The van der Waals surface area contributed by atoms with Crippen LogP contribution < -0.4 is 5.32 Å². The van der Waals surface area contributed by atoms with Crippen LogP contribution in [-0.2, 0) is 9.59 Å². The van der Waals surface area contributed by atoms with Crippen LogP contribution in [0.25, 0.3) is 0 Å². The first kappa shape index (κ1) is 13.9. The van der Waals surface area contributed by atoms with Gasteiger partial charge in [-0.2, -0.15) is 0 Å². The van der Waals surface area contributed by atoms with E-state index in [-0.39, 0.29) is 5.91 Å². The Bertz CT molecular complexity index is 230. The molecule has 0 aliphatic carbocycles. The summed E-state index contributed by atoms with van der Waals surface area (Å²) in [6.07, 6.45) is 2.23. The Balaban J connectivity index is 4.29. The van der Waals surface area contributed by atoms with Gasteiger partial charge in [0.2, 0.25) is 5.91 Å². The van der Waals surface area contributed by atoms with E-state index in [0.717, 1.165) is 12.8 Å². The molecule has 88 valence electrons. The van der Waals surface area contributed by atoms with Crippen molar-refractivity contribution in [2.75, 3.05) is 0 Å². The fraction of sp³-hybridized carbons (Fsp3) is 0.818. The molecule has 0 aromatic heterocycles. The lowest BCUT2D eigenvalue weighted by Gasteiger charge is -2.21. The predicted octanol–water partition coefficient (Wildman–Crippen LogP) is 1.79. The Morgan fingerprint density at radius 2 is 1.87 bits per heavy atom. The molecular formula is C11H21NO3. The van der Waals surface area contributed by atoms with Crippen LogP contribution in [0, 0.1) is 5.41 Å². The fourth-order valence-corrected chi connectivity index (χ4v) is 1.04. The first-order chi connectivity index (χ1) is 6.79. The van der Waals surface area contributed by atoms with E-state index in [2.05, 4.69) is 5.32 Å². The van der Waals surface area contributed by atoms with Crippen LogP contribution in [-0.4, -0.2) is 23.0 Å². The molecule has 1 atom stereocenters. The van der Waals surface area contributed by atoms with Gasteiger partial charge in [-0.15, -0.1) is 0 Å². The minimum absolute atomic E-state index is 0.217. The molecule has 0 aliphatic heterocycles. The number of aliphatic carboxylic acids is 1. The maximum Gasteiger partial charge on any atom is 0.326 e. The summed E-state index contributed by atoms with van der Waals surface area (Å²) < 4.78 is 0. The number of hydrogen-bond acceptors (Lipinski definition) is 2. The van der Waals surface area contributed by atoms with Crippen LogP contribution in [0.4, 0.5) is 0 Å². The van der Waals surface area contributed by atoms with E-state index in [4.69, 9.17) is 5.11 Å². The molecule has 2 N–H and O–H groups in total. The third-order valence-electron chi connectivity index (χ3n) is 2.13. The lowest BCUT2D eigenvalue weighted by molar-refractivity contribution is -0.143. The van der Waals surface area contributed by atoms with Crippen molar-refractivity contribution in [3.8, 4) is 0 Å². The molecular weight excluding hydrogens is 194 g/mol. The first-order valence-electron chi connectivity index (χ1n) is 5.32. The summed E-state index contributed by atoms with van der Waals surface area (Å²) in [5, 5.41) is 11.5. The molecule has 0 aliphatic rings. The van der Waals surface area contributed by atoms with Crippen molar-refractivity contribution in [1.82, 2.24) is 5.32 Å². The lowest BCUT2D eigenvalue weighted by atomic mass is 9.95. The molecule has 0 radical (unpaired) electrons. The monoisotopic (exact) mass is 215 g/mol. The highest BCUT2D eigenvalue weighted by molar-refractivity contribution is 5.86. The number of nitrogens with one attached hydrogen (secondary N) is 1. The molecule has 0 saturated carbocycles. The summed E-state index contributed by atoms with van der Waals surface area (Å²) in [6, 6.07) is -0.753. The van der Waals surface area contributed by atoms with E-state index in [9.17, 15) is 9.59 Å². The van der Waals surface area contributed by atoms with E-state index in [0.29, 0.717) is 6.42 Å². The SMILES string of the molecule is CCCCC(NC(=O)C(C)(C)C)C(=O)O. The maximum absolute atomic E-state index is 11.6. The van der Waals surface area contributed by atoms with Crippen molar-refractivity contribution < 1.29 is 14.7 Å². The second-order valence-corrected chi connectivity index (χ2v) is 4.76. The number of unbranched alkanes of at least 4 members (excludes halogenated alkanes) is 1. The third kappa shape index (κ3) is 5.40. The number of carbonyl (C=O) groups is 2. The molecule has 0 heterocycles. The molecule has 1 amide bonds. The molecule has 0 rings (SSSR count). The highest BCUT2D eigenvalue weighted by Crippen LogP contribution is 2.13. The van der Waals surface area contributed by atoms with Crippen LogP contribution in [0.1, 0.15) is 47.0 Å². The fourth-order valence-electron chi connectivity index (χ4n) is 1.04. The molecule has 0 bridgehead atoms. The van der Waals surface area contributed by atoms with Crippen molar-refractivity contribution in [1.29, 1.82) is 0 Å². The van der Waals surface area contributed by atoms with Gasteiger partial charge in [0.05, 0.1) is 0 Å². The van der Waals surface area contributed by atoms with Gasteiger partial charge in [-0.1, -0.05) is 40.5 Å². The number of hydrogen-bond donors (Lipinski definition) is 2. The van der Waals surface area contributed by atoms with Crippen molar-refractivity contribution in [3.63, 3.8) is 0 Å². The summed E-state index contributed by atoms with van der Waals surface area (Å²) >= 11 is 0. The van der Waals surface area contributed by atoms with Gasteiger partial charge in [0.1, 0.15) is 6.04 Å². The van der Waals surface area contributed by atoms with Crippen LogP contribution in [0.2, 0.25) is 0 Å². The smallest absolute Gasteiger partial charge is 0.326 e. The molecule has 0 aromatic carbocycles.